The number of benzene rings is 1. The molecule has 0 aromatic heterocycles. The molecule has 2 atom stereocenters. The van der Waals surface area contributed by atoms with Gasteiger partial charge in [0.15, 0.2) is 0 Å². The van der Waals surface area contributed by atoms with E-state index >= 15 is 0 Å². The predicted octanol–water partition coefficient (Wildman–Crippen LogP) is 2.34. The van der Waals surface area contributed by atoms with Gasteiger partial charge in [-0.2, -0.15) is 0 Å². The molecule has 0 radical (unpaired) electrons. The highest BCUT2D eigenvalue weighted by Gasteiger charge is 2.54. The number of aliphatic hydroxyl groups is 1. The van der Waals surface area contributed by atoms with E-state index in [0.29, 0.717) is 6.42 Å². The summed E-state index contributed by atoms with van der Waals surface area (Å²) in [5.74, 6) is 0.0766. The first-order chi connectivity index (χ1) is 6.74. The van der Waals surface area contributed by atoms with Crippen molar-refractivity contribution in [3.8, 4) is 0 Å². The Labute approximate surface area is 83.6 Å². The summed E-state index contributed by atoms with van der Waals surface area (Å²) in [6.07, 6.45) is 2.30. The van der Waals surface area contributed by atoms with Crippen LogP contribution >= 0.6 is 0 Å². The molecule has 76 valence electrons. The summed E-state index contributed by atoms with van der Waals surface area (Å²) < 4.78 is 13.3. The molecule has 0 spiro atoms. The molecule has 1 saturated carbocycles. The lowest BCUT2D eigenvalue weighted by molar-refractivity contribution is 0.144. The zero-order chi connectivity index (χ0) is 10.0. The molecule has 1 N–H and O–H groups in total. The molecular formula is C12H15FO. The third kappa shape index (κ3) is 1.95. The van der Waals surface area contributed by atoms with Crippen LogP contribution in [-0.4, -0.2) is 17.4 Å². The van der Waals surface area contributed by atoms with E-state index in [2.05, 4.69) is 12.1 Å². The van der Waals surface area contributed by atoms with Gasteiger partial charge in [-0.3, -0.25) is 0 Å². The number of aryl methyl sites for hydroxylation is 1. The molecule has 0 aliphatic heterocycles. The van der Waals surface area contributed by atoms with Gasteiger partial charge in [0, 0.05) is 0 Å². The highest BCUT2D eigenvalue weighted by Crippen LogP contribution is 2.49. The Bertz CT molecular complexity index is 298. The fourth-order valence-electron chi connectivity index (χ4n) is 1.89. The number of rotatable bonds is 4. The van der Waals surface area contributed by atoms with E-state index in [1.165, 1.54) is 5.56 Å². The highest BCUT2D eigenvalue weighted by atomic mass is 19.1. The lowest BCUT2D eigenvalue weighted by atomic mass is 10.1. The molecule has 2 rings (SSSR count). The maximum absolute atomic E-state index is 13.3. The molecule has 0 amide bonds. The second-order valence-electron chi connectivity index (χ2n) is 4.12. The van der Waals surface area contributed by atoms with Gasteiger partial charge in [0.25, 0.3) is 0 Å². The number of hydrogen-bond acceptors (Lipinski definition) is 1. The van der Waals surface area contributed by atoms with Crippen LogP contribution in [0.5, 0.6) is 0 Å². The van der Waals surface area contributed by atoms with Gasteiger partial charge < -0.3 is 5.11 Å². The number of hydrogen-bond donors (Lipinski definition) is 1. The second-order valence-corrected chi connectivity index (χ2v) is 4.12. The van der Waals surface area contributed by atoms with Crippen LogP contribution in [-0.2, 0) is 6.42 Å². The van der Waals surface area contributed by atoms with Crippen molar-refractivity contribution >= 4 is 0 Å². The average molecular weight is 194 g/mol. The Morgan fingerprint density at radius 1 is 1.36 bits per heavy atom. The fourth-order valence-corrected chi connectivity index (χ4v) is 1.89. The van der Waals surface area contributed by atoms with Crippen LogP contribution in [0.15, 0.2) is 30.3 Å². The van der Waals surface area contributed by atoms with Crippen molar-refractivity contribution in [2.45, 2.75) is 24.9 Å². The van der Waals surface area contributed by atoms with E-state index in [4.69, 9.17) is 5.11 Å². The van der Waals surface area contributed by atoms with Gasteiger partial charge in [-0.1, -0.05) is 30.3 Å². The Morgan fingerprint density at radius 2 is 2.07 bits per heavy atom. The number of halogens is 1. The Balaban J connectivity index is 1.80. The summed E-state index contributed by atoms with van der Waals surface area (Å²) in [5.41, 5.74) is -0.00547. The zero-order valence-corrected chi connectivity index (χ0v) is 8.12. The van der Waals surface area contributed by atoms with Crippen molar-refractivity contribution in [2.24, 2.45) is 5.92 Å². The summed E-state index contributed by atoms with van der Waals surface area (Å²) in [6, 6.07) is 10.1. The van der Waals surface area contributed by atoms with Crippen molar-refractivity contribution in [2.75, 3.05) is 6.61 Å². The minimum absolute atomic E-state index is 0.0766. The monoisotopic (exact) mass is 194 g/mol. The summed E-state index contributed by atoms with van der Waals surface area (Å²) in [7, 11) is 0. The molecule has 2 heteroatoms. The molecule has 1 aromatic rings. The van der Waals surface area contributed by atoms with Crippen LogP contribution in [0.1, 0.15) is 18.4 Å². The summed E-state index contributed by atoms with van der Waals surface area (Å²) >= 11 is 0. The van der Waals surface area contributed by atoms with E-state index in [-0.39, 0.29) is 12.5 Å². The smallest absolute Gasteiger partial charge is 0.137 e. The average Bonchev–Trinajstić information content (AvgIpc) is 2.90. The molecule has 1 nitrogen and oxygen atoms in total. The van der Waals surface area contributed by atoms with Gasteiger partial charge in [0.1, 0.15) is 5.67 Å². The highest BCUT2D eigenvalue weighted by molar-refractivity contribution is 5.16. The Hall–Kier alpha value is -0.890. The Morgan fingerprint density at radius 3 is 2.64 bits per heavy atom. The van der Waals surface area contributed by atoms with Crippen LogP contribution in [0.4, 0.5) is 4.39 Å². The van der Waals surface area contributed by atoms with Gasteiger partial charge in [0.05, 0.1) is 6.61 Å². The van der Waals surface area contributed by atoms with Crippen LogP contribution in [0, 0.1) is 5.92 Å². The van der Waals surface area contributed by atoms with Gasteiger partial charge in [-0.05, 0) is 30.7 Å². The van der Waals surface area contributed by atoms with Crippen molar-refractivity contribution < 1.29 is 9.50 Å². The molecule has 0 saturated heterocycles. The predicted molar refractivity (Wildman–Crippen MR) is 53.8 cm³/mol. The van der Waals surface area contributed by atoms with E-state index in [0.717, 1.165) is 12.8 Å². The molecule has 1 aromatic carbocycles. The zero-order valence-electron chi connectivity index (χ0n) is 8.12. The standard InChI is InChI=1S/C12H15FO/c13-12(9-14)8-11(12)7-6-10-4-2-1-3-5-10/h1-5,11,14H,6-9H2/t11-,12-/m0/s1. The van der Waals surface area contributed by atoms with Crippen LogP contribution in [0.3, 0.4) is 0 Å². The van der Waals surface area contributed by atoms with Gasteiger partial charge >= 0.3 is 0 Å². The molecule has 1 aliphatic rings. The van der Waals surface area contributed by atoms with Gasteiger partial charge in [-0.15, -0.1) is 0 Å². The van der Waals surface area contributed by atoms with Crippen molar-refractivity contribution in [3.05, 3.63) is 35.9 Å². The molecule has 0 unspecified atom stereocenters. The molecular weight excluding hydrogens is 179 g/mol. The van der Waals surface area contributed by atoms with Crippen molar-refractivity contribution in [3.63, 3.8) is 0 Å². The van der Waals surface area contributed by atoms with E-state index in [1.807, 2.05) is 18.2 Å². The van der Waals surface area contributed by atoms with Gasteiger partial charge in [-0.25, -0.2) is 4.39 Å². The molecule has 1 fully saturated rings. The lowest BCUT2D eigenvalue weighted by Gasteiger charge is -2.03. The first-order valence-corrected chi connectivity index (χ1v) is 5.08. The maximum atomic E-state index is 13.3. The summed E-state index contributed by atoms with van der Waals surface area (Å²) in [4.78, 5) is 0. The minimum Gasteiger partial charge on any atom is -0.393 e. The quantitative estimate of drug-likeness (QED) is 0.780. The van der Waals surface area contributed by atoms with Crippen LogP contribution in [0.2, 0.25) is 0 Å². The number of alkyl halides is 1. The maximum Gasteiger partial charge on any atom is 0.137 e. The van der Waals surface area contributed by atoms with E-state index in [1.54, 1.807) is 0 Å². The first-order valence-electron chi connectivity index (χ1n) is 5.08. The largest absolute Gasteiger partial charge is 0.393 e. The molecule has 0 bridgehead atoms. The third-order valence-corrected chi connectivity index (χ3v) is 3.04. The Kier molecular flexibility index (Phi) is 2.55. The third-order valence-electron chi connectivity index (χ3n) is 3.04. The van der Waals surface area contributed by atoms with Crippen LogP contribution < -0.4 is 0 Å². The van der Waals surface area contributed by atoms with Crippen molar-refractivity contribution in [1.29, 1.82) is 0 Å². The van der Waals surface area contributed by atoms with Crippen molar-refractivity contribution in [1.82, 2.24) is 0 Å². The minimum atomic E-state index is -1.26. The number of aliphatic hydroxyl groups excluding tert-OH is 1. The second kappa shape index (κ2) is 3.70. The topological polar surface area (TPSA) is 20.2 Å². The normalized spacial score (nSPS) is 30.3. The SMILES string of the molecule is OC[C@@]1(F)C[C@@H]1CCc1ccccc1. The van der Waals surface area contributed by atoms with Crippen LogP contribution in [0.25, 0.3) is 0 Å². The molecule has 14 heavy (non-hydrogen) atoms. The molecule has 0 heterocycles. The molecule has 1 aliphatic carbocycles. The summed E-state index contributed by atoms with van der Waals surface area (Å²) in [6.45, 7) is -0.313. The lowest BCUT2D eigenvalue weighted by Crippen LogP contribution is -2.10. The fraction of sp³-hybridized carbons (Fsp3) is 0.500. The summed E-state index contributed by atoms with van der Waals surface area (Å²) in [5, 5.41) is 8.76. The van der Waals surface area contributed by atoms with E-state index in [9.17, 15) is 4.39 Å². The van der Waals surface area contributed by atoms with Gasteiger partial charge in [0.2, 0.25) is 0 Å². The van der Waals surface area contributed by atoms with E-state index < -0.39 is 5.67 Å². The first kappa shape index (κ1) is 9.66.